The molecule has 0 aliphatic carbocycles. The predicted molar refractivity (Wildman–Crippen MR) is 103 cm³/mol. The van der Waals surface area contributed by atoms with Crippen molar-refractivity contribution >= 4 is 51.2 Å². The fourth-order valence-electron chi connectivity index (χ4n) is 2.61. The molecule has 1 aromatic carbocycles. The highest BCUT2D eigenvalue weighted by Crippen LogP contribution is 2.37. The molecule has 2 aliphatic rings. The molecule has 1 aromatic heterocycles. The van der Waals surface area contributed by atoms with E-state index in [1.54, 1.807) is 23.7 Å². The number of hydrogen-bond acceptors (Lipinski definition) is 8. The summed E-state index contributed by atoms with van der Waals surface area (Å²) in [5, 5.41) is 13.4. The summed E-state index contributed by atoms with van der Waals surface area (Å²) < 4.78 is 38.0. The molecule has 2 aromatic rings. The molecule has 0 radical (unpaired) electrons. The zero-order chi connectivity index (χ0) is 19.9. The minimum Gasteiger partial charge on any atom is -0.359 e. The van der Waals surface area contributed by atoms with E-state index >= 15 is 0 Å². The number of halogens is 3. The lowest BCUT2D eigenvalue weighted by atomic mass is 10.2. The maximum Gasteiger partial charge on any atom is 0.441 e. The molecule has 0 saturated carbocycles. The van der Waals surface area contributed by atoms with Crippen LogP contribution >= 0.6 is 23.1 Å². The first-order valence-corrected chi connectivity index (χ1v) is 9.79. The molecular formula is C15H14F3N7OS2. The summed E-state index contributed by atoms with van der Waals surface area (Å²) in [5.41, 5.74) is 6.12. The van der Waals surface area contributed by atoms with Gasteiger partial charge in [-0.3, -0.25) is 10.3 Å². The molecule has 148 valence electrons. The fourth-order valence-corrected chi connectivity index (χ4v) is 4.00. The number of fused-ring (bicyclic) bond motifs is 1. The van der Waals surface area contributed by atoms with Crippen molar-refractivity contribution in [2.75, 3.05) is 23.0 Å². The Labute approximate surface area is 165 Å². The molecule has 4 N–H and O–H groups in total. The summed E-state index contributed by atoms with van der Waals surface area (Å²) in [5.74, 6) is 0. The van der Waals surface area contributed by atoms with Gasteiger partial charge in [-0.25, -0.2) is 9.78 Å². The number of thioether (sulfide) groups is 1. The molecule has 4 rings (SSSR count). The Kier molecular flexibility index (Phi) is 4.71. The van der Waals surface area contributed by atoms with Crippen LogP contribution in [0.25, 0.3) is 0 Å². The summed E-state index contributed by atoms with van der Waals surface area (Å²) in [6.07, 6.45) is -4.71. The van der Waals surface area contributed by atoms with Crippen LogP contribution in [0.15, 0.2) is 34.2 Å². The van der Waals surface area contributed by atoms with E-state index in [1.165, 1.54) is 18.4 Å². The number of carbonyl (C=O) groups is 1. The van der Waals surface area contributed by atoms with E-state index < -0.39 is 22.7 Å². The third-order valence-electron chi connectivity index (χ3n) is 4.03. The highest BCUT2D eigenvalue weighted by molar-refractivity contribution is 8.14. The number of alkyl halides is 3. The quantitative estimate of drug-likeness (QED) is 0.595. The van der Waals surface area contributed by atoms with E-state index in [4.69, 9.17) is 0 Å². The topological polar surface area (TPSA) is 93.7 Å². The summed E-state index contributed by atoms with van der Waals surface area (Å²) in [6.45, 7) is 0. The van der Waals surface area contributed by atoms with Crippen molar-refractivity contribution in [3.63, 3.8) is 0 Å². The number of carbonyl (C=O) groups excluding carboxylic acids is 1. The molecule has 0 bridgehead atoms. The second-order valence-corrected chi connectivity index (χ2v) is 7.74. The van der Waals surface area contributed by atoms with E-state index in [0.717, 1.165) is 22.0 Å². The zero-order valence-corrected chi connectivity index (χ0v) is 15.9. The fraction of sp³-hybridized carbons (Fsp3) is 0.267. The number of urea groups is 1. The highest BCUT2D eigenvalue weighted by Gasteiger charge is 2.42. The Morgan fingerprint density at radius 3 is 2.75 bits per heavy atom. The number of aromatic nitrogens is 1. The number of thiazole rings is 1. The van der Waals surface area contributed by atoms with Crippen LogP contribution in [0.1, 0.15) is 11.9 Å². The van der Waals surface area contributed by atoms with E-state index in [9.17, 15) is 18.0 Å². The summed E-state index contributed by atoms with van der Waals surface area (Å²) in [4.78, 5) is 17.8. The number of hydrazone groups is 1. The van der Waals surface area contributed by atoms with E-state index in [0.29, 0.717) is 17.4 Å². The van der Waals surface area contributed by atoms with Gasteiger partial charge >= 0.3 is 12.2 Å². The number of hydrogen-bond donors (Lipinski definition) is 4. The van der Waals surface area contributed by atoms with Crippen molar-refractivity contribution in [2.24, 2.45) is 5.10 Å². The van der Waals surface area contributed by atoms with Crippen molar-refractivity contribution in [2.45, 2.75) is 17.8 Å². The van der Waals surface area contributed by atoms with Crippen LogP contribution in [-0.4, -0.2) is 39.7 Å². The Morgan fingerprint density at radius 1 is 1.29 bits per heavy atom. The van der Waals surface area contributed by atoms with Crippen LogP contribution < -0.4 is 21.4 Å². The van der Waals surface area contributed by atoms with E-state index in [2.05, 4.69) is 31.5 Å². The van der Waals surface area contributed by atoms with Crippen molar-refractivity contribution in [3.8, 4) is 0 Å². The Bertz CT molecular complexity index is 919. The molecule has 0 spiro atoms. The Balaban J connectivity index is 1.38. The lowest BCUT2D eigenvalue weighted by Crippen LogP contribution is -2.43. The average molecular weight is 429 g/mol. The van der Waals surface area contributed by atoms with Gasteiger partial charge in [-0.15, -0.1) is 11.3 Å². The predicted octanol–water partition coefficient (Wildman–Crippen LogP) is 3.64. The molecule has 0 fully saturated rings. The SMILES string of the molecule is CN(C(=O)Nc1ccc2c(c1)NC(c1cscn1)N2)C1NN=C(C(F)(F)F)S1. The molecule has 0 saturated heterocycles. The van der Waals surface area contributed by atoms with Crippen LogP contribution in [0, 0.1) is 0 Å². The van der Waals surface area contributed by atoms with Crippen LogP contribution in [0.5, 0.6) is 0 Å². The normalized spacial score (nSPS) is 20.5. The lowest BCUT2D eigenvalue weighted by Gasteiger charge is -2.23. The van der Waals surface area contributed by atoms with Gasteiger partial charge in [-0.2, -0.15) is 18.3 Å². The van der Waals surface area contributed by atoms with Gasteiger partial charge < -0.3 is 16.0 Å². The van der Waals surface area contributed by atoms with Gasteiger partial charge in [0, 0.05) is 18.1 Å². The third-order valence-corrected chi connectivity index (χ3v) is 5.83. The molecule has 3 heterocycles. The number of benzene rings is 1. The molecule has 2 unspecified atom stereocenters. The largest absolute Gasteiger partial charge is 0.441 e. The van der Waals surface area contributed by atoms with Crippen molar-refractivity contribution in [3.05, 3.63) is 34.8 Å². The molecule has 8 nitrogen and oxygen atoms in total. The van der Waals surface area contributed by atoms with Gasteiger partial charge in [0.25, 0.3) is 0 Å². The number of anilines is 3. The Morgan fingerprint density at radius 2 is 2.07 bits per heavy atom. The monoisotopic (exact) mass is 429 g/mol. The number of nitrogens with zero attached hydrogens (tertiary/aromatic N) is 3. The van der Waals surface area contributed by atoms with Gasteiger partial charge in [-0.05, 0) is 18.2 Å². The lowest BCUT2D eigenvalue weighted by molar-refractivity contribution is -0.0555. The maximum absolute atomic E-state index is 12.7. The van der Waals surface area contributed by atoms with Crippen molar-refractivity contribution in [1.82, 2.24) is 15.3 Å². The van der Waals surface area contributed by atoms with Crippen LogP contribution in [0.2, 0.25) is 0 Å². The van der Waals surface area contributed by atoms with Crippen molar-refractivity contribution < 1.29 is 18.0 Å². The van der Waals surface area contributed by atoms with E-state index in [1.807, 2.05) is 5.38 Å². The maximum atomic E-state index is 12.7. The summed E-state index contributed by atoms with van der Waals surface area (Å²) >= 11 is 1.93. The Hall–Kier alpha value is -2.67. The summed E-state index contributed by atoms with van der Waals surface area (Å²) in [7, 11) is 1.39. The average Bonchev–Trinajstić information content (AvgIpc) is 3.38. The van der Waals surface area contributed by atoms with Gasteiger partial charge in [0.05, 0.1) is 22.6 Å². The molecule has 13 heteroatoms. The molecule has 2 amide bonds. The standard InChI is InChI=1S/C15H14F3N7OS2/c1-25(14-24-23-12(28-14)15(16,17)18)13(26)20-7-2-3-8-9(4-7)22-11(21-8)10-5-27-6-19-10/h2-6,11,14,21-22,24H,1H3,(H,20,26). The smallest absolute Gasteiger partial charge is 0.359 e. The van der Waals surface area contributed by atoms with Gasteiger partial charge in [0.15, 0.2) is 5.50 Å². The number of nitrogens with one attached hydrogen (secondary N) is 4. The van der Waals surface area contributed by atoms with Gasteiger partial charge in [-0.1, -0.05) is 11.8 Å². The first kappa shape index (κ1) is 18.7. The van der Waals surface area contributed by atoms with Gasteiger partial charge in [0.1, 0.15) is 6.17 Å². The molecular weight excluding hydrogens is 415 g/mol. The second kappa shape index (κ2) is 7.05. The molecule has 28 heavy (non-hydrogen) atoms. The highest BCUT2D eigenvalue weighted by atomic mass is 32.2. The molecule has 2 aliphatic heterocycles. The number of amides is 2. The third kappa shape index (κ3) is 3.67. The van der Waals surface area contributed by atoms with Crippen LogP contribution in [0.4, 0.5) is 35.0 Å². The second-order valence-electron chi connectivity index (χ2n) is 5.95. The number of rotatable bonds is 3. The van der Waals surface area contributed by atoms with Crippen LogP contribution in [-0.2, 0) is 0 Å². The van der Waals surface area contributed by atoms with Crippen molar-refractivity contribution in [1.29, 1.82) is 0 Å². The first-order valence-electron chi connectivity index (χ1n) is 7.97. The first-order chi connectivity index (χ1) is 13.3. The van der Waals surface area contributed by atoms with Gasteiger partial charge in [0.2, 0.25) is 5.04 Å². The van der Waals surface area contributed by atoms with Crippen LogP contribution in [0.3, 0.4) is 0 Å². The summed E-state index contributed by atoms with van der Waals surface area (Å²) in [6, 6.07) is 4.69. The zero-order valence-electron chi connectivity index (χ0n) is 14.2. The minimum absolute atomic E-state index is 0.160. The molecule has 2 atom stereocenters. The minimum atomic E-state index is -4.55. The van der Waals surface area contributed by atoms with E-state index in [-0.39, 0.29) is 6.17 Å².